The molecule has 1 saturated carbocycles. The van der Waals surface area contributed by atoms with Gasteiger partial charge < -0.3 is 53.2 Å². The minimum Gasteiger partial charge on any atom is -1.00 e. The molecule has 0 atom stereocenters. The summed E-state index contributed by atoms with van der Waals surface area (Å²) in [4.78, 5) is 0. The molecule has 0 bridgehead atoms. The first-order chi connectivity index (χ1) is 8.39. The number of hydrogen-bond donors (Lipinski definition) is 0. The van der Waals surface area contributed by atoms with Crippen LogP contribution in [0.4, 0.5) is 51.8 Å². The predicted octanol–water partition coefficient (Wildman–Crippen LogP) is 2.82. The van der Waals surface area contributed by atoms with Crippen LogP contribution in [0.3, 0.4) is 0 Å². The Labute approximate surface area is 157 Å². The average Bonchev–Trinajstić information content (AvgIpc) is 1.89. The Bertz CT molecular complexity index is 180. The van der Waals surface area contributed by atoms with Gasteiger partial charge >= 0.3 is 73.1 Å². The smallest absolute Gasteiger partial charge is 1.00 e. The van der Waals surface area contributed by atoms with Crippen LogP contribution in [-0.4, -0.2) is 21.8 Å². The van der Waals surface area contributed by atoms with Gasteiger partial charge in [0.05, 0.1) is 0 Å². The Kier molecular flexibility index (Phi) is 19.1. The molecule has 0 unspecified atom stereocenters. The molecule has 21 heavy (non-hydrogen) atoms. The van der Waals surface area contributed by atoms with E-state index in [4.69, 9.17) is 0 Å². The van der Waals surface area contributed by atoms with Gasteiger partial charge in [0, 0.05) is 0 Å². The summed E-state index contributed by atoms with van der Waals surface area (Å²) in [6, 6.07) is 0. The molecule has 0 amide bonds. The topological polar surface area (TPSA) is 0 Å². The van der Waals surface area contributed by atoms with Crippen LogP contribution >= 0.6 is 0 Å². The van der Waals surface area contributed by atoms with Gasteiger partial charge in [0.15, 0.2) is 0 Å². The maximum Gasteiger partial charge on any atom is 1.00 e. The molecule has 1 aliphatic carbocycles. The van der Waals surface area contributed by atoms with Gasteiger partial charge in [0.1, 0.15) is 0 Å². The van der Waals surface area contributed by atoms with E-state index in [0.29, 0.717) is 0 Å². The average molecular weight is 371 g/mol. The third-order valence-corrected chi connectivity index (χ3v) is 1.39. The van der Waals surface area contributed by atoms with E-state index >= 15 is 0 Å². The quantitative estimate of drug-likeness (QED) is 0.454. The minimum absolute atomic E-state index is 0. The van der Waals surface area contributed by atoms with Gasteiger partial charge in [-0.2, -0.15) is 0 Å². The molecule has 0 spiro atoms. The van der Waals surface area contributed by atoms with Crippen molar-refractivity contribution in [2.75, 3.05) is 0 Å². The van der Waals surface area contributed by atoms with E-state index in [0.717, 1.165) is 5.92 Å². The van der Waals surface area contributed by atoms with E-state index in [1.165, 1.54) is 19.3 Å². The molecular formula is C5H11B3F12K-3. The second kappa shape index (κ2) is 13.4. The van der Waals surface area contributed by atoms with Crippen LogP contribution in [0.1, 0.15) is 27.6 Å². The molecule has 1 fully saturated rings. The van der Waals surface area contributed by atoms with Crippen LogP contribution in [-0.2, 0) is 0 Å². The third-order valence-electron chi connectivity index (χ3n) is 1.39. The Morgan fingerprint density at radius 3 is 0.714 bits per heavy atom. The van der Waals surface area contributed by atoms with Gasteiger partial charge in [-0.3, -0.25) is 0 Å². The fourth-order valence-electron chi connectivity index (χ4n) is 0.612. The van der Waals surface area contributed by atoms with Gasteiger partial charge in [-0.25, -0.2) is 0 Å². The summed E-state index contributed by atoms with van der Waals surface area (Å²) < 4.78 is 117. The van der Waals surface area contributed by atoms with Crippen LogP contribution in [0.2, 0.25) is 0 Å². The summed E-state index contributed by atoms with van der Waals surface area (Å²) in [5, 5.41) is 0. The van der Waals surface area contributed by atoms with Crippen LogP contribution in [0.15, 0.2) is 0 Å². The fourth-order valence-corrected chi connectivity index (χ4v) is 0.612. The van der Waals surface area contributed by atoms with Gasteiger partial charge in [-0.05, 0) is 5.92 Å². The zero-order valence-corrected chi connectivity index (χ0v) is 14.1. The molecule has 0 nitrogen and oxygen atoms in total. The van der Waals surface area contributed by atoms with Crippen molar-refractivity contribution in [2.24, 2.45) is 5.92 Å². The van der Waals surface area contributed by atoms with Gasteiger partial charge in [-0.15, -0.1) is 0 Å². The summed E-state index contributed by atoms with van der Waals surface area (Å²) in [5.41, 5.74) is 0. The van der Waals surface area contributed by atoms with Gasteiger partial charge in [0.25, 0.3) is 0 Å². The largest absolute Gasteiger partial charge is 1.00 e. The molecule has 1 aliphatic rings. The van der Waals surface area contributed by atoms with E-state index in [2.05, 4.69) is 6.92 Å². The van der Waals surface area contributed by atoms with E-state index in [9.17, 15) is 51.8 Å². The first-order valence-electron chi connectivity index (χ1n) is 5.01. The Morgan fingerprint density at radius 1 is 0.619 bits per heavy atom. The number of halogens is 12. The molecule has 1 rings (SSSR count). The van der Waals surface area contributed by atoms with Crippen molar-refractivity contribution in [1.82, 2.24) is 0 Å². The summed E-state index contributed by atoms with van der Waals surface area (Å²) >= 11 is 0. The molecule has 0 heterocycles. The van der Waals surface area contributed by atoms with Crippen molar-refractivity contribution in [3.63, 3.8) is 0 Å². The first kappa shape index (κ1) is 29.9. The van der Waals surface area contributed by atoms with Crippen molar-refractivity contribution in [2.45, 2.75) is 26.2 Å². The molecule has 0 N–H and O–H groups in total. The van der Waals surface area contributed by atoms with Crippen LogP contribution in [0.25, 0.3) is 0 Å². The Hall–Kier alpha value is 0.991. The third kappa shape index (κ3) is 155. The van der Waals surface area contributed by atoms with Crippen molar-refractivity contribution in [1.29, 1.82) is 0 Å². The van der Waals surface area contributed by atoms with Gasteiger partial charge in [0.2, 0.25) is 0 Å². The zero-order chi connectivity index (χ0) is 17.2. The molecule has 0 aliphatic heterocycles. The van der Waals surface area contributed by atoms with Crippen molar-refractivity contribution in [3.05, 3.63) is 0 Å². The minimum atomic E-state index is -6.00. The second-order valence-corrected chi connectivity index (χ2v) is 3.52. The van der Waals surface area contributed by atoms with Crippen molar-refractivity contribution >= 4 is 21.8 Å². The maximum absolute atomic E-state index is 9.75. The molecule has 0 radical (unpaired) electrons. The van der Waals surface area contributed by atoms with Crippen LogP contribution < -0.4 is 51.4 Å². The Morgan fingerprint density at radius 2 is 0.714 bits per heavy atom. The number of rotatable bonds is 0. The van der Waals surface area contributed by atoms with E-state index < -0.39 is 21.8 Å². The van der Waals surface area contributed by atoms with E-state index in [1.54, 1.807) is 0 Å². The predicted molar refractivity (Wildman–Crippen MR) is 54.7 cm³/mol. The van der Waals surface area contributed by atoms with Crippen molar-refractivity contribution in [3.8, 4) is 0 Å². The van der Waals surface area contributed by atoms with Gasteiger partial charge in [-0.1, -0.05) is 26.2 Å². The zero-order valence-electron chi connectivity index (χ0n) is 12.0. The van der Waals surface area contributed by atoms with Crippen LogP contribution in [0, 0.1) is 5.92 Å². The van der Waals surface area contributed by atoms with E-state index in [1.807, 2.05) is 0 Å². The molecule has 0 aromatic rings. The number of hydrogen-bond acceptors (Lipinski definition) is 0. The molecule has 0 aromatic heterocycles. The summed E-state index contributed by atoms with van der Waals surface area (Å²) in [7, 11) is -18.0. The van der Waals surface area contributed by atoms with Crippen molar-refractivity contribution < 1.29 is 105 Å². The first-order valence-corrected chi connectivity index (χ1v) is 5.01. The molecule has 0 saturated heterocycles. The normalized spacial score (nSPS) is 14.7. The molecule has 0 aromatic carbocycles. The SMILES string of the molecule is CC1CCC1.F[B-](F)(F)F.F[B-](F)(F)F.F[B-](F)(F)F.[H-].[K+]. The molecular weight excluding hydrogens is 360 g/mol. The molecule has 16 heteroatoms. The monoisotopic (exact) mass is 371 g/mol. The Balaban J connectivity index is -0.0000000567. The fraction of sp³-hybridized carbons (Fsp3) is 1.00. The second-order valence-electron chi connectivity index (χ2n) is 3.52. The van der Waals surface area contributed by atoms with Crippen LogP contribution in [0.5, 0.6) is 0 Å². The van der Waals surface area contributed by atoms with E-state index in [-0.39, 0.29) is 52.8 Å². The standard InChI is InChI=1S/C5H10.3BF4.K.H/c1-5-3-2-4-5;3*2-1(3,4)5;;/h5H,2-4H2,1H3;;;;;/q;3*-1;+1;-1. The maximum atomic E-state index is 9.75. The summed E-state index contributed by atoms with van der Waals surface area (Å²) in [6.07, 6.45) is 4.46. The summed E-state index contributed by atoms with van der Waals surface area (Å²) in [6.45, 7) is 2.31. The summed E-state index contributed by atoms with van der Waals surface area (Å²) in [5.74, 6) is 1.06. The molecule has 128 valence electrons.